The van der Waals surface area contributed by atoms with Crippen molar-refractivity contribution in [1.29, 1.82) is 0 Å². The van der Waals surface area contributed by atoms with Crippen LogP contribution in [0.2, 0.25) is 0 Å². The predicted molar refractivity (Wildman–Crippen MR) is 186 cm³/mol. The molecule has 0 radical (unpaired) electrons. The number of aliphatic carboxylic acids is 2. The van der Waals surface area contributed by atoms with Gasteiger partial charge in [-0.15, -0.1) is 0 Å². The number of fused-ring (bicyclic) bond motifs is 8. The molecule has 9 N–H and O–H groups in total. The quantitative estimate of drug-likeness (QED) is 0.120. The van der Waals surface area contributed by atoms with Gasteiger partial charge in [0.2, 0.25) is 0 Å². The number of nitrogens with one attached hydrogen (secondary N) is 4. The average Bonchev–Trinajstić information content (AvgIpc) is 3.71. The number of carbonyl (C=O) groups excluding carboxylic acids is 1. The average molecular weight is 652 g/mol. The fraction of sp³-hybridized carbons (Fsp3) is 0.270. The molecule has 1 atom stereocenters. The Bertz CT molecular complexity index is 2260. The summed E-state index contributed by atoms with van der Waals surface area (Å²) in [6.45, 7) is 15.1. The number of ketones is 1. The molecule has 11 nitrogen and oxygen atoms in total. The molecule has 5 heterocycles. The molecule has 48 heavy (non-hydrogen) atoms. The van der Waals surface area contributed by atoms with Crippen molar-refractivity contribution in [2.45, 2.75) is 59.4 Å². The van der Waals surface area contributed by atoms with Crippen molar-refractivity contribution in [3.8, 4) is 0 Å². The van der Waals surface area contributed by atoms with Gasteiger partial charge in [0.05, 0.1) is 29.3 Å². The molecule has 0 amide bonds. The van der Waals surface area contributed by atoms with E-state index in [2.05, 4.69) is 33.1 Å². The Morgan fingerprint density at radius 3 is 1.92 bits per heavy atom. The van der Waals surface area contributed by atoms with E-state index >= 15 is 0 Å². The van der Waals surface area contributed by atoms with Crippen molar-refractivity contribution in [3.63, 3.8) is 0 Å². The van der Waals surface area contributed by atoms with E-state index in [-0.39, 0.29) is 31.3 Å². The summed E-state index contributed by atoms with van der Waals surface area (Å²) in [6.07, 6.45) is 9.47. The molecule has 0 aromatic carbocycles. The second-order valence-corrected chi connectivity index (χ2v) is 12.2. The van der Waals surface area contributed by atoms with E-state index < -0.39 is 30.4 Å². The largest absolute Gasteiger partial charge is 0.481 e. The maximum Gasteiger partial charge on any atom is 0.303 e. The molecule has 8 bridgehead atoms. The van der Waals surface area contributed by atoms with Gasteiger partial charge in [-0.25, -0.2) is 0 Å². The van der Waals surface area contributed by atoms with Crippen LogP contribution >= 0.6 is 0 Å². The molecule has 1 aliphatic rings. The number of hydrogen-bond donors (Lipinski definition) is 8. The summed E-state index contributed by atoms with van der Waals surface area (Å²) in [5.74, 6) is -2.32. The zero-order chi connectivity index (χ0) is 35.0. The molecule has 0 spiro atoms. The minimum atomic E-state index is -1.19. The molecule has 0 aliphatic carbocycles. The second-order valence-electron chi connectivity index (χ2n) is 12.2. The van der Waals surface area contributed by atoms with Crippen molar-refractivity contribution >= 4 is 53.7 Å². The van der Waals surface area contributed by atoms with Crippen molar-refractivity contribution in [1.82, 2.24) is 19.9 Å². The minimum absolute atomic E-state index is 0.0793. The summed E-state index contributed by atoms with van der Waals surface area (Å²) < 4.78 is 0. The van der Waals surface area contributed by atoms with Crippen molar-refractivity contribution in [2.24, 2.45) is 5.73 Å². The Balaban J connectivity index is 2.01. The van der Waals surface area contributed by atoms with Crippen molar-refractivity contribution in [2.75, 3.05) is 6.61 Å². The zero-order valence-electron chi connectivity index (χ0n) is 27.6. The Hall–Kier alpha value is -5.39. The van der Waals surface area contributed by atoms with E-state index in [1.54, 1.807) is 12.2 Å². The van der Waals surface area contributed by atoms with Crippen LogP contribution in [0, 0.1) is 27.7 Å². The molecular formula is C37H41N5O6. The Morgan fingerprint density at radius 2 is 1.31 bits per heavy atom. The predicted octanol–water partition coefficient (Wildman–Crippen LogP) is 1.44. The van der Waals surface area contributed by atoms with E-state index in [1.165, 1.54) is 0 Å². The van der Waals surface area contributed by atoms with Crippen molar-refractivity contribution < 1.29 is 29.7 Å². The number of H-pyrrole nitrogens is 4. The third-order valence-electron chi connectivity index (χ3n) is 9.30. The molecule has 0 saturated carbocycles. The summed E-state index contributed by atoms with van der Waals surface area (Å²) in [4.78, 5) is 51.1. The van der Waals surface area contributed by atoms with Crippen LogP contribution in [0.25, 0.3) is 36.0 Å². The maximum atomic E-state index is 14.0. The minimum Gasteiger partial charge on any atom is -0.481 e. The van der Waals surface area contributed by atoms with Crippen LogP contribution < -0.4 is 27.1 Å². The van der Waals surface area contributed by atoms with Gasteiger partial charge in [0.1, 0.15) is 0 Å². The van der Waals surface area contributed by atoms with E-state index in [0.29, 0.717) is 38.7 Å². The molecule has 0 fully saturated rings. The first-order valence-corrected chi connectivity index (χ1v) is 15.7. The highest BCUT2D eigenvalue weighted by Gasteiger charge is 2.27. The van der Waals surface area contributed by atoms with Crippen LogP contribution in [0.4, 0.5) is 0 Å². The smallest absolute Gasteiger partial charge is 0.303 e. The lowest BCUT2D eigenvalue weighted by atomic mass is 9.96. The van der Waals surface area contributed by atoms with Gasteiger partial charge in [-0.1, -0.05) is 25.3 Å². The Kier molecular flexibility index (Phi) is 9.47. The highest BCUT2D eigenvalue weighted by molar-refractivity contribution is 6.23. The van der Waals surface area contributed by atoms with Crippen LogP contribution in [0.1, 0.15) is 80.1 Å². The number of hydrogen-bond acceptors (Lipinski definition) is 5. The normalized spacial score (nSPS) is 12.9. The lowest BCUT2D eigenvalue weighted by Crippen LogP contribution is -2.37. The molecule has 4 aromatic heterocycles. The Morgan fingerprint density at radius 1 is 0.729 bits per heavy atom. The van der Waals surface area contributed by atoms with Gasteiger partial charge < -0.3 is 41.0 Å². The number of rotatable bonds is 11. The SMILES string of the molecule is C=Cc1c2[nH]c(c1C)C(C(=O)[C@@H](N)CO)=c1[nH]c(c(C)c1C=C)=Cc1[nH]c(c(CCC(=O)O)c1C)C=c1[nH]c(c(C)c1CCC(=O)O)=C2. The highest BCUT2D eigenvalue weighted by Crippen LogP contribution is 2.27. The van der Waals surface area contributed by atoms with E-state index in [0.717, 1.165) is 50.0 Å². The summed E-state index contributed by atoms with van der Waals surface area (Å²) in [5, 5.41) is 31.6. The summed E-state index contributed by atoms with van der Waals surface area (Å²) in [5.41, 5.74) is 15.3. The molecule has 250 valence electrons. The van der Waals surface area contributed by atoms with Gasteiger partial charge in [0.25, 0.3) is 0 Å². The number of carboxylic acids is 2. The highest BCUT2D eigenvalue weighted by atomic mass is 16.4. The second kappa shape index (κ2) is 13.4. The molecule has 1 aliphatic heterocycles. The zero-order valence-corrected chi connectivity index (χ0v) is 27.6. The van der Waals surface area contributed by atoms with Crippen LogP contribution in [0.15, 0.2) is 13.2 Å². The fourth-order valence-electron chi connectivity index (χ4n) is 6.56. The van der Waals surface area contributed by atoms with Crippen LogP contribution in [0.3, 0.4) is 0 Å². The third kappa shape index (κ3) is 6.05. The molecule has 0 saturated heterocycles. The van der Waals surface area contributed by atoms with Gasteiger partial charge >= 0.3 is 11.9 Å². The van der Waals surface area contributed by atoms with Crippen LogP contribution in [0.5, 0.6) is 0 Å². The topological polar surface area (TPSA) is 201 Å². The number of aromatic nitrogens is 4. The van der Waals surface area contributed by atoms with Gasteiger partial charge in [-0.2, -0.15) is 0 Å². The first-order valence-electron chi connectivity index (χ1n) is 15.7. The number of carbonyl (C=O) groups is 3. The van der Waals surface area contributed by atoms with Gasteiger partial charge in [-0.3, -0.25) is 14.4 Å². The van der Waals surface area contributed by atoms with E-state index in [4.69, 9.17) is 5.73 Å². The first-order chi connectivity index (χ1) is 22.8. The van der Waals surface area contributed by atoms with Gasteiger partial charge in [0, 0.05) is 57.1 Å². The maximum absolute atomic E-state index is 14.0. The third-order valence-corrected chi connectivity index (χ3v) is 9.30. The number of carboxylic acid groups (broad SMARTS) is 2. The number of aliphatic hydroxyl groups excluding tert-OH is 1. The number of nitrogens with two attached hydrogens (primary N) is 1. The summed E-state index contributed by atoms with van der Waals surface area (Å²) >= 11 is 0. The Labute approximate surface area is 276 Å². The number of aliphatic hydroxyl groups is 1. The number of Topliss-reactive ketones (excluding diaryl/α,β-unsaturated/α-hetero) is 1. The van der Waals surface area contributed by atoms with Crippen LogP contribution in [-0.4, -0.2) is 65.6 Å². The van der Waals surface area contributed by atoms with Crippen LogP contribution in [-0.2, 0) is 27.2 Å². The number of aromatic amines is 4. The van der Waals surface area contributed by atoms with E-state index in [9.17, 15) is 29.7 Å². The molecule has 5 rings (SSSR count). The van der Waals surface area contributed by atoms with Gasteiger partial charge in [0.15, 0.2) is 5.78 Å². The standard InChI is InChI=1S/C37H41N5O6/c1-7-21-20(6)35-34(37(48)25(38)16-43)36-22(8-2)17(3)28(41-36)13-26-18(4)23(9-11-32(44)45)30(39-26)15-31-24(10-12-33(46)47)19(5)27(40-31)14-29(21)42-35/h7-8,13-15,25,39-43H,1-2,9-12,16,38H2,3-6H3,(H,44,45)(H,46,47)/t25-/m0/s1. The van der Waals surface area contributed by atoms with Gasteiger partial charge in [-0.05, 0) is 92.1 Å². The monoisotopic (exact) mass is 651 g/mol. The lowest BCUT2D eigenvalue weighted by Gasteiger charge is -2.11. The lowest BCUT2D eigenvalue weighted by molar-refractivity contribution is -0.138. The molecule has 11 heteroatoms. The first kappa shape index (κ1) is 34.0. The fourth-order valence-corrected chi connectivity index (χ4v) is 6.56. The van der Waals surface area contributed by atoms with Crippen molar-refractivity contribution in [3.05, 3.63) is 102 Å². The molecule has 0 unspecified atom stereocenters. The van der Waals surface area contributed by atoms with E-state index in [1.807, 2.05) is 45.9 Å². The summed E-state index contributed by atoms with van der Waals surface area (Å²) in [6, 6.07) is -1.19. The summed E-state index contributed by atoms with van der Waals surface area (Å²) in [7, 11) is 0. The molecular weight excluding hydrogens is 610 g/mol. The molecule has 4 aromatic rings.